The van der Waals surface area contributed by atoms with Crippen LogP contribution in [0.2, 0.25) is 0 Å². The van der Waals surface area contributed by atoms with Gasteiger partial charge in [-0.05, 0) is 61.9 Å². The van der Waals surface area contributed by atoms with Gasteiger partial charge in [0.1, 0.15) is 5.82 Å². The third-order valence-electron chi connectivity index (χ3n) is 6.78. The van der Waals surface area contributed by atoms with E-state index < -0.39 is 0 Å². The zero-order valence-electron chi connectivity index (χ0n) is 21.6. The Labute approximate surface area is 223 Å². The molecule has 2 aromatic carbocycles. The lowest BCUT2D eigenvalue weighted by Crippen LogP contribution is -2.47. The maximum Gasteiger partial charge on any atom is 0.251 e. The Balaban J connectivity index is 1.21. The van der Waals surface area contributed by atoms with Crippen LogP contribution in [0, 0.1) is 0 Å². The number of nitrogens with one attached hydrogen (secondary N) is 3. The Morgan fingerprint density at radius 2 is 1.63 bits per heavy atom. The molecule has 1 saturated heterocycles. The van der Waals surface area contributed by atoms with E-state index in [0.717, 1.165) is 61.5 Å². The molecule has 1 aliphatic carbocycles. The Kier molecular flexibility index (Phi) is 7.65. The van der Waals surface area contributed by atoms with Crippen LogP contribution in [0.3, 0.4) is 0 Å². The quantitative estimate of drug-likeness (QED) is 0.401. The zero-order chi connectivity index (χ0) is 26.5. The van der Waals surface area contributed by atoms with E-state index >= 15 is 0 Å². The molecule has 2 fully saturated rings. The lowest BCUT2D eigenvalue weighted by molar-refractivity contribution is -0.132. The Hall–Kier alpha value is -4.24. The summed E-state index contributed by atoms with van der Waals surface area (Å²) >= 11 is 0. The molecule has 196 valence electrons. The summed E-state index contributed by atoms with van der Waals surface area (Å²) in [5.74, 6) is 1.14. The van der Waals surface area contributed by atoms with Crippen LogP contribution in [0.4, 0.5) is 23.1 Å². The first-order valence-electron chi connectivity index (χ1n) is 13.0. The van der Waals surface area contributed by atoms with Crippen LogP contribution < -0.4 is 16.0 Å². The van der Waals surface area contributed by atoms with E-state index in [1.807, 2.05) is 41.3 Å². The molecular weight excluding hydrogens is 478 g/mol. The molecule has 0 unspecified atom stereocenters. The minimum absolute atomic E-state index is 0.0472. The van der Waals surface area contributed by atoms with Crippen molar-refractivity contribution in [3.8, 4) is 0 Å². The first kappa shape index (κ1) is 25.4. The van der Waals surface area contributed by atoms with Crippen LogP contribution in [-0.4, -0.2) is 70.9 Å². The second-order valence-electron chi connectivity index (χ2n) is 9.83. The van der Waals surface area contributed by atoms with E-state index in [4.69, 9.17) is 0 Å². The Bertz CT molecular complexity index is 1300. The number of hydrogen-bond donors (Lipinski definition) is 3. The second kappa shape index (κ2) is 11.4. The number of rotatable bonds is 9. The molecule has 0 atom stereocenters. The fourth-order valence-electron chi connectivity index (χ4n) is 4.22. The van der Waals surface area contributed by atoms with Gasteiger partial charge in [-0.1, -0.05) is 24.8 Å². The summed E-state index contributed by atoms with van der Waals surface area (Å²) in [7, 11) is 2.08. The molecular formula is C29H33N7O2. The van der Waals surface area contributed by atoms with E-state index in [0.29, 0.717) is 29.8 Å². The van der Waals surface area contributed by atoms with Crippen LogP contribution in [0.15, 0.2) is 61.3 Å². The largest absolute Gasteiger partial charge is 0.349 e. The van der Waals surface area contributed by atoms with Crippen molar-refractivity contribution < 1.29 is 9.59 Å². The summed E-state index contributed by atoms with van der Waals surface area (Å²) in [5.41, 5.74) is 3.98. The first-order valence-corrected chi connectivity index (χ1v) is 13.0. The lowest BCUT2D eigenvalue weighted by Gasteiger charge is -2.32. The van der Waals surface area contributed by atoms with E-state index in [1.54, 1.807) is 24.4 Å². The highest BCUT2D eigenvalue weighted by molar-refractivity contribution is 5.95. The molecule has 3 N–H and O–H groups in total. The molecule has 5 rings (SSSR count). The van der Waals surface area contributed by atoms with Crippen molar-refractivity contribution in [3.05, 3.63) is 78.0 Å². The molecule has 2 heterocycles. The zero-order valence-corrected chi connectivity index (χ0v) is 21.6. The third-order valence-corrected chi connectivity index (χ3v) is 6.78. The van der Waals surface area contributed by atoms with Gasteiger partial charge in [0.05, 0.1) is 6.42 Å². The van der Waals surface area contributed by atoms with E-state index in [1.165, 1.54) is 0 Å². The summed E-state index contributed by atoms with van der Waals surface area (Å²) < 4.78 is 0. The monoisotopic (exact) mass is 511 g/mol. The fourth-order valence-corrected chi connectivity index (χ4v) is 4.22. The van der Waals surface area contributed by atoms with Gasteiger partial charge in [-0.2, -0.15) is 4.98 Å². The van der Waals surface area contributed by atoms with Crippen molar-refractivity contribution in [1.29, 1.82) is 0 Å². The van der Waals surface area contributed by atoms with Crippen molar-refractivity contribution in [2.75, 3.05) is 43.9 Å². The summed E-state index contributed by atoms with van der Waals surface area (Å²) in [6.07, 6.45) is 5.89. The van der Waals surface area contributed by atoms with Gasteiger partial charge in [-0.3, -0.25) is 9.59 Å². The van der Waals surface area contributed by atoms with E-state index in [-0.39, 0.29) is 11.8 Å². The normalized spacial score (nSPS) is 15.6. The standard InChI is InChI=1S/C29H33N7O2/c1-3-21-19-30-29(34-27(21)31-23-10-6-22(7-11-23)28(38)32-24-12-13-24)33-25-8-4-20(5-9-25)18-26(37)36-16-14-35(2)15-17-36/h3-11,19,24H,1,12-18H2,2H3,(H,32,38)(H2,30,31,33,34). The van der Waals surface area contributed by atoms with E-state index in [2.05, 4.69) is 44.4 Å². The van der Waals surface area contributed by atoms with Gasteiger partial charge in [-0.15, -0.1) is 0 Å². The number of nitrogens with zero attached hydrogens (tertiary/aromatic N) is 4. The number of hydrogen-bond acceptors (Lipinski definition) is 7. The molecule has 2 aliphatic rings. The van der Waals surface area contributed by atoms with Gasteiger partial charge < -0.3 is 25.8 Å². The van der Waals surface area contributed by atoms with Gasteiger partial charge >= 0.3 is 0 Å². The van der Waals surface area contributed by atoms with Gasteiger partial charge in [0.2, 0.25) is 11.9 Å². The van der Waals surface area contributed by atoms with Gasteiger partial charge in [0.25, 0.3) is 5.91 Å². The highest BCUT2D eigenvalue weighted by atomic mass is 16.2. The average Bonchev–Trinajstić information content (AvgIpc) is 3.75. The van der Waals surface area contributed by atoms with Crippen LogP contribution >= 0.6 is 0 Å². The van der Waals surface area contributed by atoms with Crippen molar-refractivity contribution in [2.24, 2.45) is 0 Å². The molecule has 1 aliphatic heterocycles. The summed E-state index contributed by atoms with van der Waals surface area (Å²) in [4.78, 5) is 38.1. The minimum Gasteiger partial charge on any atom is -0.349 e. The maximum atomic E-state index is 12.6. The molecule has 0 spiro atoms. The van der Waals surface area contributed by atoms with Crippen LogP contribution in [0.25, 0.3) is 6.08 Å². The second-order valence-corrected chi connectivity index (χ2v) is 9.83. The number of aromatic nitrogens is 2. The highest BCUT2D eigenvalue weighted by Crippen LogP contribution is 2.24. The van der Waals surface area contributed by atoms with Gasteiger partial charge in [0, 0.05) is 60.9 Å². The van der Waals surface area contributed by atoms with Gasteiger partial charge in [0.15, 0.2) is 0 Å². The van der Waals surface area contributed by atoms with Crippen LogP contribution in [-0.2, 0) is 11.2 Å². The summed E-state index contributed by atoms with van der Waals surface area (Å²) in [6, 6.07) is 15.4. The number of carbonyl (C=O) groups is 2. The number of carbonyl (C=O) groups excluding carboxylic acids is 2. The number of amides is 2. The van der Waals surface area contributed by atoms with Gasteiger partial charge in [-0.25, -0.2) is 4.98 Å². The fraction of sp³-hybridized carbons (Fsp3) is 0.310. The Morgan fingerprint density at radius 1 is 0.974 bits per heavy atom. The van der Waals surface area contributed by atoms with Crippen LogP contribution in [0.5, 0.6) is 0 Å². The summed E-state index contributed by atoms with van der Waals surface area (Å²) in [6.45, 7) is 7.25. The molecule has 1 aromatic heterocycles. The smallest absolute Gasteiger partial charge is 0.251 e. The molecule has 9 heteroatoms. The Morgan fingerprint density at radius 3 is 2.29 bits per heavy atom. The third kappa shape index (κ3) is 6.54. The molecule has 2 amide bonds. The lowest BCUT2D eigenvalue weighted by atomic mass is 10.1. The maximum absolute atomic E-state index is 12.6. The number of anilines is 4. The van der Waals surface area contributed by atoms with Crippen LogP contribution in [0.1, 0.15) is 34.3 Å². The number of likely N-dealkylation sites (N-methyl/N-ethyl adjacent to an activating group) is 1. The molecule has 3 aromatic rings. The SMILES string of the molecule is C=Cc1cnc(Nc2ccc(CC(=O)N3CCN(C)CC3)cc2)nc1Nc1ccc(C(=O)NC2CC2)cc1. The predicted molar refractivity (Wildman–Crippen MR) is 150 cm³/mol. The highest BCUT2D eigenvalue weighted by Gasteiger charge is 2.23. The van der Waals surface area contributed by atoms with Crippen molar-refractivity contribution in [3.63, 3.8) is 0 Å². The number of piperazine rings is 1. The van der Waals surface area contributed by atoms with Crippen molar-refractivity contribution >= 4 is 41.0 Å². The topological polar surface area (TPSA) is 102 Å². The molecule has 0 bridgehead atoms. The summed E-state index contributed by atoms with van der Waals surface area (Å²) in [5, 5.41) is 9.52. The minimum atomic E-state index is -0.0472. The first-order chi connectivity index (χ1) is 18.5. The average molecular weight is 512 g/mol. The molecule has 9 nitrogen and oxygen atoms in total. The van der Waals surface area contributed by atoms with Crippen molar-refractivity contribution in [1.82, 2.24) is 25.1 Å². The van der Waals surface area contributed by atoms with Crippen molar-refractivity contribution in [2.45, 2.75) is 25.3 Å². The predicted octanol–water partition coefficient (Wildman–Crippen LogP) is 3.82. The molecule has 1 saturated carbocycles. The molecule has 0 radical (unpaired) electrons. The van der Waals surface area contributed by atoms with E-state index in [9.17, 15) is 9.59 Å². The molecule has 38 heavy (non-hydrogen) atoms. The number of benzene rings is 2.